The van der Waals surface area contributed by atoms with Crippen LogP contribution in [-0.2, 0) is 9.53 Å². The van der Waals surface area contributed by atoms with Crippen LogP contribution in [0.25, 0.3) is 11.0 Å². The number of carboxylic acids is 1. The first-order chi connectivity index (χ1) is 11.3. The van der Waals surface area contributed by atoms with Crippen LogP contribution in [0.1, 0.15) is 42.4 Å². The predicted octanol–water partition coefficient (Wildman–Crippen LogP) is 1.29. The Labute approximate surface area is 138 Å². The van der Waals surface area contributed by atoms with E-state index in [0.29, 0.717) is 23.5 Å². The molecule has 0 saturated carbocycles. The van der Waals surface area contributed by atoms with Crippen molar-refractivity contribution in [2.45, 2.75) is 38.8 Å². The van der Waals surface area contributed by atoms with Crippen molar-refractivity contribution in [1.29, 1.82) is 0 Å². The third-order valence-corrected chi connectivity index (χ3v) is 4.28. The Bertz CT molecular complexity index is 806. The summed E-state index contributed by atoms with van der Waals surface area (Å²) in [5.74, 6) is -1.56. The molecule has 3 rings (SSSR count). The lowest BCUT2D eigenvalue weighted by molar-refractivity contribution is -0.144. The van der Waals surface area contributed by atoms with Gasteiger partial charge >= 0.3 is 5.97 Å². The average Bonchev–Trinajstić information content (AvgIpc) is 3.13. The fourth-order valence-corrected chi connectivity index (χ4v) is 2.84. The van der Waals surface area contributed by atoms with Crippen LogP contribution < -0.4 is 5.32 Å². The van der Waals surface area contributed by atoms with Gasteiger partial charge in [0.05, 0.1) is 24.1 Å². The number of carbonyl (C=O) groups is 2. The third kappa shape index (κ3) is 2.62. The molecule has 1 atom stereocenters. The van der Waals surface area contributed by atoms with Crippen molar-refractivity contribution in [2.24, 2.45) is 0 Å². The molecule has 2 N–H and O–H groups in total. The Morgan fingerprint density at radius 2 is 2.21 bits per heavy atom. The van der Waals surface area contributed by atoms with Gasteiger partial charge in [-0.3, -0.25) is 4.79 Å². The highest BCUT2D eigenvalue weighted by Crippen LogP contribution is 2.22. The van der Waals surface area contributed by atoms with Crippen LogP contribution >= 0.6 is 0 Å². The van der Waals surface area contributed by atoms with Crippen molar-refractivity contribution in [1.82, 2.24) is 20.1 Å². The van der Waals surface area contributed by atoms with E-state index in [1.807, 2.05) is 13.8 Å². The first-order valence-electron chi connectivity index (χ1n) is 7.82. The maximum absolute atomic E-state index is 12.6. The summed E-state index contributed by atoms with van der Waals surface area (Å²) in [5.41, 5.74) is 0.206. The molecular formula is C16H20N4O4. The smallest absolute Gasteiger partial charge is 0.331 e. The summed E-state index contributed by atoms with van der Waals surface area (Å²) in [6, 6.07) is 1.85. The number of carboxylic acid groups (broad SMARTS) is 1. The molecule has 0 bridgehead atoms. The number of rotatable bonds is 4. The van der Waals surface area contributed by atoms with Gasteiger partial charge in [0.1, 0.15) is 0 Å². The Morgan fingerprint density at radius 3 is 2.79 bits per heavy atom. The summed E-state index contributed by atoms with van der Waals surface area (Å²) in [6.45, 7) is 6.00. The summed E-state index contributed by atoms with van der Waals surface area (Å²) >= 11 is 0. The minimum Gasteiger partial charge on any atom is -0.479 e. The molecular weight excluding hydrogens is 312 g/mol. The molecule has 2 aromatic rings. The number of fused-ring (bicyclic) bond motifs is 1. The van der Waals surface area contributed by atoms with E-state index in [1.165, 1.54) is 0 Å². The predicted molar refractivity (Wildman–Crippen MR) is 85.9 cm³/mol. The van der Waals surface area contributed by atoms with E-state index in [2.05, 4.69) is 15.4 Å². The lowest BCUT2D eigenvalue weighted by atomic mass is 9.98. The molecule has 24 heavy (non-hydrogen) atoms. The molecule has 1 aliphatic rings. The number of nitrogens with zero attached hydrogens (tertiary/aromatic N) is 3. The van der Waals surface area contributed by atoms with Crippen LogP contribution in [0.4, 0.5) is 0 Å². The van der Waals surface area contributed by atoms with Crippen LogP contribution in [0, 0.1) is 6.92 Å². The van der Waals surface area contributed by atoms with E-state index in [-0.39, 0.29) is 19.1 Å². The standard InChI is InChI=1S/C16H20N4O4/c1-9(2)20-13-11(7-17-20)6-12(10(3)18-13)14(21)19-16(15(22)23)4-5-24-8-16/h6-7,9H,4-5,8H2,1-3H3,(H,19,21)(H,22,23). The van der Waals surface area contributed by atoms with Crippen molar-refractivity contribution >= 4 is 22.9 Å². The Kier molecular flexibility index (Phi) is 4.00. The van der Waals surface area contributed by atoms with Crippen molar-refractivity contribution in [3.63, 3.8) is 0 Å². The van der Waals surface area contributed by atoms with E-state index in [9.17, 15) is 14.7 Å². The minimum atomic E-state index is -1.37. The van der Waals surface area contributed by atoms with Crippen LogP contribution in [-0.4, -0.2) is 50.5 Å². The summed E-state index contributed by atoms with van der Waals surface area (Å²) in [4.78, 5) is 28.6. The Hall–Kier alpha value is -2.48. The second-order valence-electron chi connectivity index (χ2n) is 6.36. The van der Waals surface area contributed by atoms with Crippen LogP contribution in [0.2, 0.25) is 0 Å². The minimum absolute atomic E-state index is 0.0337. The van der Waals surface area contributed by atoms with Crippen LogP contribution in [0.3, 0.4) is 0 Å². The van der Waals surface area contributed by atoms with E-state index < -0.39 is 17.4 Å². The lowest BCUT2D eigenvalue weighted by Gasteiger charge is -2.24. The van der Waals surface area contributed by atoms with E-state index in [0.717, 1.165) is 5.39 Å². The summed E-state index contributed by atoms with van der Waals surface area (Å²) in [6.07, 6.45) is 1.90. The molecule has 2 aromatic heterocycles. The number of pyridine rings is 1. The molecule has 3 heterocycles. The normalized spacial score (nSPS) is 20.7. The second kappa shape index (κ2) is 5.86. The van der Waals surface area contributed by atoms with Gasteiger partial charge in [0.25, 0.3) is 5.91 Å². The zero-order chi connectivity index (χ0) is 17.5. The molecule has 1 amide bonds. The molecule has 1 unspecified atom stereocenters. The number of aryl methyl sites for hydroxylation is 1. The molecule has 0 radical (unpaired) electrons. The highest BCUT2D eigenvalue weighted by atomic mass is 16.5. The Morgan fingerprint density at radius 1 is 1.46 bits per heavy atom. The molecule has 1 aliphatic heterocycles. The Balaban J connectivity index is 1.95. The number of aromatic nitrogens is 3. The largest absolute Gasteiger partial charge is 0.479 e. The summed E-state index contributed by atoms with van der Waals surface area (Å²) in [5, 5.41) is 17.1. The van der Waals surface area contributed by atoms with Crippen LogP contribution in [0.5, 0.6) is 0 Å². The second-order valence-corrected chi connectivity index (χ2v) is 6.36. The first-order valence-corrected chi connectivity index (χ1v) is 7.82. The third-order valence-electron chi connectivity index (χ3n) is 4.28. The van der Waals surface area contributed by atoms with Gasteiger partial charge < -0.3 is 15.2 Å². The maximum Gasteiger partial charge on any atom is 0.331 e. The molecule has 1 saturated heterocycles. The fourth-order valence-electron chi connectivity index (χ4n) is 2.84. The molecule has 0 aromatic carbocycles. The maximum atomic E-state index is 12.6. The number of nitrogens with one attached hydrogen (secondary N) is 1. The zero-order valence-corrected chi connectivity index (χ0v) is 13.9. The summed E-state index contributed by atoms with van der Waals surface area (Å²) < 4.78 is 6.95. The van der Waals surface area contributed by atoms with Crippen molar-refractivity contribution in [3.05, 3.63) is 23.5 Å². The van der Waals surface area contributed by atoms with Crippen LogP contribution in [0.15, 0.2) is 12.3 Å². The quantitative estimate of drug-likeness (QED) is 0.874. The lowest BCUT2D eigenvalue weighted by Crippen LogP contribution is -2.55. The van der Waals surface area contributed by atoms with Gasteiger partial charge in [-0.2, -0.15) is 5.10 Å². The topological polar surface area (TPSA) is 106 Å². The molecule has 1 fully saturated rings. The van der Waals surface area contributed by atoms with Gasteiger partial charge in [-0.25, -0.2) is 14.5 Å². The number of ether oxygens (including phenoxy) is 1. The summed E-state index contributed by atoms with van der Waals surface area (Å²) in [7, 11) is 0. The van der Waals surface area contributed by atoms with E-state index in [4.69, 9.17) is 4.74 Å². The molecule has 8 heteroatoms. The number of carbonyl (C=O) groups excluding carboxylic acids is 1. The molecule has 128 valence electrons. The SMILES string of the molecule is Cc1nc2c(cnn2C(C)C)cc1C(=O)NC1(C(=O)O)CCOC1. The highest BCUT2D eigenvalue weighted by molar-refractivity contribution is 6.01. The van der Waals surface area contributed by atoms with Crippen molar-refractivity contribution in [3.8, 4) is 0 Å². The monoisotopic (exact) mass is 332 g/mol. The highest BCUT2D eigenvalue weighted by Gasteiger charge is 2.44. The van der Waals surface area contributed by atoms with Gasteiger partial charge in [0, 0.05) is 24.5 Å². The number of amides is 1. The number of aliphatic carboxylic acids is 1. The van der Waals surface area contributed by atoms with Gasteiger partial charge in [-0.05, 0) is 26.8 Å². The van der Waals surface area contributed by atoms with Crippen molar-refractivity contribution < 1.29 is 19.4 Å². The number of hydrogen-bond donors (Lipinski definition) is 2. The van der Waals surface area contributed by atoms with E-state index in [1.54, 1.807) is 23.9 Å². The number of hydrogen-bond acceptors (Lipinski definition) is 5. The van der Waals surface area contributed by atoms with E-state index >= 15 is 0 Å². The van der Waals surface area contributed by atoms with Gasteiger partial charge in [0.15, 0.2) is 11.2 Å². The zero-order valence-electron chi connectivity index (χ0n) is 13.9. The first kappa shape index (κ1) is 16.4. The van der Waals surface area contributed by atoms with Gasteiger partial charge in [0.2, 0.25) is 0 Å². The van der Waals surface area contributed by atoms with Gasteiger partial charge in [-0.15, -0.1) is 0 Å². The molecule has 0 aliphatic carbocycles. The fraction of sp³-hybridized carbons (Fsp3) is 0.500. The van der Waals surface area contributed by atoms with Crippen molar-refractivity contribution in [2.75, 3.05) is 13.2 Å². The van der Waals surface area contributed by atoms with Gasteiger partial charge in [-0.1, -0.05) is 0 Å². The molecule has 0 spiro atoms. The average molecular weight is 332 g/mol. The molecule has 8 nitrogen and oxygen atoms in total.